The predicted molar refractivity (Wildman–Crippen MR) is 77.1 cm³/mol. The van der Waals surface area contributed by atoms with E-state index in [4.69, 9.17) is 11.6 Å². The Morgan fingerprint density at radius 2 is 1.89 bits per heavy atom. The molecule has 0 saturated heterocycles. The van der Waals surface area contributed by atoms with Crippen LogP contribution in [0, 0.1) is 0 Å². The third kappa shape index (κ3) is 2.20. The van der Waals surface area contributed by atoms with Crippen LogP contribution in [-0.4, -0.2) is 4.98 Å². The van der Waals surface area contributed by atoms with E-state index in [1.165, 1.54) is 5.56 Å². The Morgan fingerprint density at radius 3 is 2.72 bits per heavy atom. The first-order chi connectivity index (χ1) is 8.83. The standard InChI is InChI=1S/C15H13ClN2/c16-13-8-12-6-7-17-15(12)14(9-13)18-10-11-4-2-1-3-5-11/h1-9,17-18H,10H2. The summed E-state index contributed by atoms with van der Waals surface area (Å²) in [7, 11) is 0. The third-order valence-electron chi connectivity index (χ3n) is 2.95. The Labute approximate surface area is 111 Å². The van der Waals surface area contributed by atoms with Gasteiger partial charge in [-0.15, -0.1) is 0 Å². The maximum absolute atomic E-state index is 6.11. The molecule has 90 valence electrons. The van der Waals surface area contributed by atoms with Gasteiger partial charge in [-0.1, -0.05) is 41.9 Å². The van der Waals surface area contributed by atoms with Crippen LogP contribution in [0.25, 0.3) is 10.9 Å². The summed E-state index contributed by atoms with van der Waals surface area (Å²) in [5.74, 6) is 0. The van der Waals surface area contributed by atoms with Crippen LogP contribution < -0.4 is 5.32 Å². The van der Waals surface area contributed by atoms with E-state index in [1.807, 2.05) is 42.6 Å². The van der Waals surface area contributed by atoms with Crippen molar-refractivity contribution in [2.24, 2.45) is 0 Å². The average molecular weight is 257 g/mol. The summed E-state index contributed by atoms with van der Waals surface area (Å²) < 4.78 is 0. The van der Waals surface area contributed by atoms with E-state index in [0.29, 0.717) is 0 Å². The summed E-state index contributed by atoms with van der Waals surface area (Å²) >= 11 is 6.11. The zero-order valence-corrected chi connectivity index (χ0v) is 10.5. The van der Waals surface area contributed by atoms with Gasteiger partial charge in [0.15, 0.2) is 0 Å². The summed E-state index contributed by atoms with van der Waals surface area (Å²) in [6.45, 7) is 0.787. The lowest BCUT2D eigenvalue weighted by Crippen LogP contribution is -1.99. The van der Waals surface area contributed by atoms with Gasteiger partial charge in [-0.05, 0) is 23.8 Å². The lowest BCUT2D eigenvalue weighted by Gasteiger charge is -2.08. The van der Waals surface area contributed by atoms with Crippen molar-refractivity contribution in [3.8, 4) is 0 Å². The monoisotopic (exact) mass is 256 g/mol. The minimum atomic E-state index is 0.748. The Hall–Kier alpha value is -1.93. The van der Waals surface area contributed by atoms with E-state index in [1.54, 1.807) is 0 Å². The fraction of sp³-hybridized carbons (Fsp3) is 0.0667. The van der Waals surface area contributed by atoms with Gasteiger partial charge < -0.3 is 10.3 Å². The van der Waals surface area contributed by atoms with Gasteiger partial charge in [0.2, 0.25) is 0 Å². The van der Waals surface area contributed by atoms with Crippen LogP contribution in [0.15, 0.2) is 54.7 Å². The highest BCUT2D eigenvalue weighted by Gasteiger charge is 2.04. The highest BCUT2D eigenvalue weighted by Crippen LogP contribution is 2.27. The number of benzene rings is 2. The maximum atomic E-state index is 6.11. The van der Waals surface area contributed by atoms with E-state index in [-0.39, 0.29) is 0 Å². The molecule has 2 N–H and O–H groups in total. The molecule has 3 rings (SSSR count). The molecule has 0 fully saturated rings. The molecule has 18 heavy (non-hydrogen) atoms. The number of aromatic nitrogens is 1. The number of aromatic amines is 1. The zero-order valence-electron chi connectivity index (χ0n) is 9.78. The molecule has 0 bridgehead atoms. The van der Waals surface area contributed by atoms with Crippen LogP contribution in [0.2, 0.25) is 5.02 Å². The second kappa shape index (κ2) is 4.75. The van der Waals surface area contributed by atoms with E-state index in [9.17, 15) is 0 Å². The van der Waals surface area contributed by atoms with E-state index in [2.05, 4.69) is 22.4 Å². The summed E-state index contributed by atoms with van der Waals surface area (Å²) in [6, 6.07) is 16.2. The number of rotatable bonds is 3. The van der Waals surface area contributed by atoms with E-state index >= 15 is 0 Å². The Morgan fingerprint density at radius 1 is 1.06 bits per heavy atom. The van der Waals surface area contributed by atoms with Gasteiger partial charge in [0.25, 0.3) is 0 Å². The van der Waals surface area contributed by atoms with Crippen molar-refractivity contribution in [3.05, 3.63) is 65.3 Å². The number of fused-ring (bicyclic) bond motifs is 1. The largest absolute Gasteiger partial charge is 0.379 e. The Bertz CT molecular complexity index is 659. The Balaban J connectivity index is 1.88. The maximum Gasteiger partial charge on any atom is 0.0690 e. The minimum Gasteiger partial charge on any atom is -0.379 e. The topological polar surface area (TPSA) is 27.8 Å². The molecular weight excluding hydrogens is 244 g/mol. The molecule has 0 aliphatic rings. The summed E-state index contributed by atoms with van der Waals surface area (Å²) in [4.78, 5) is 3.23. The number of hydrogen-bond acceptors (Lipinski definition) is 1. The number of nitrogens with one attached hydrogen (secondary N) is 2. The van der Waals surface area contributed by atoms with Gasteiger partial charge in [-0.3, -0.25) is 0 Å². The number of anilines is 1. The highest BCUT2D eigenvalue weighted by molar-refractivity contribution is 6.31. The van der Waals surface area contributed by atoms with Crippen molar-refractivity contribution in [3.63, 3.8) is 0 Å². The van der Waals surface area contributed by atoms with E-state index in [0.717, 1.165) is 28.2 Å². The van der Waals surface area contributed by atoms with Crippen molar-refractivity contribution in [1.82, 2.24) is 4.98 Å². The van der Waals surface area contributed by atoms with Crippen molar-refractivity contribution < 1.29 is 0 Å². The molecule has 0 spiro atoms. The van der Waals surface area contributed by atoms with Gasteiger partial charge in [0.1, 0.15) is 0 Å². The van der Waals surface area contributed by atoms with Crippen molar-refractivity contribution in [2.45, 2.75) is 6.54 Å². The molecule has 0 saturated carbocycles. The molecule has 0 aliphatic heterocycles. The molecule has 0 amide bonds. The number of halogens is 1. The molecule has 3 aromatic rings. The first-order valence-corrected chi connectivity index (χ1v) is 6.25. The Kier molecular flexibility index (Phi) is 2.95. The molecule has 2 nitrogen and oxygen atoms in total. The minimum absolute atomic E-state index is 0.748. The summed E-state index contributed by atoms with van der Waals surface area (Å²) in [6.07, 6.45) is 1.93. The molecule has 0 unspecified atom stereocenters. The first-order valence-electron chi connectivity index (χ1n) is 5.87. The van der Waals surface area contributed by atoms with Crippen LogP contribution in [0.4, 0.5) is 5.69 Å². The SMILES string of the molecule is Clc1cc(NCc2ccccc2)c2[nH]ccc2c1. The van der Waals surface area contributed by atoms with Gasteiger partial charge in [-0.25, -0.2) is 0 Å². The predicted octanol–water partition coefficient (Wildman–Crippen LogP) is 4.43. The molecule has 1 heterocycles. The summed E-state index contributed by atoms with van der Waals surface area (Å²) in [5.41, 5.74) is 3.37. The molecule has 3 heteroatoms. The van der Waals surface area contributed by atoms with Crippen LogP contribution in [0.5, 0.6) is 0 Å². The first kappa shape index (κ1) is 11.2. The quantitative estimate of drug-likeness (QED) is 0.713. The lowest BCUT2D eigenvalue weighted by atomic mass is 10.2. The van der Waals surface area contributed by atoms with Crippen molar-refractivity contribution >= 4 is 28.2 Å². The number of H-pyrrole nitrogens is 1. The van der Waals surface area contributed by atoms with Crippen LogP contribution >= 0.6 is 11.6 Å². The van der Waals surface area contributed by atoms with Crippen molar-refractivity contribution in [1.29, 1.82) is 0 Å². The second-order valence-electron chi connectivity index (χ2n) is 4.23. The van der Waals surface area contributed by atoms with Gasteiger partial charge in [0.05, 0.1) is 11.2 Å². The normalized spacial score (nSPS) is 10.7. The van der Waals surface area contributed by atoms with Crippen LogP contribution in [0.3, 0.4) is 0 Å². The van der Waals surface area contributed by atoms with Gasteiger partial charge in [0, 0.05) is 23.2 Å². The fourth-order valence-electron chi connectivity index (χ4n) is 2.07. The smallest absolute Gasteiger partial charge is 0.0690 e. The number of hydrogen-bond donors (Lipinski definition) is 2. The average Bonchev–Trinajstić information content (AvgIpc) is 2.85. The fourth-order valence-corrected chi connectivity index (χ4v) is 2.29. The third-order valence-corrected chi connectivity index (χ3v) is 3.17. The second-order valence-corrected chi connectivity index (χ2v) is 4.67. The molecule has 0 atom stereocenters. The molecular formula is C15H13ClN2. The van der Waals surface area contributed by atoms with Crippen LogP contribution in [0.1, 0.15) is 5.56 Å². The zero-order chi connectivity index (χ0) is 12.4. The highest BCUT2D eigenvalue weighted by atomic mass is 35.5. The van der Waals surface area contributed by atoms with Gasteiger partial charge in [-0.2, -0.15) is 0 Å². The molecule has 1 aromatic heterocycles. The summed E-state index contributed by atoms with van der Waals surface area (Å²) in [5, 5.41) is 5.29. The van der Waals surface area contributed by atoms with Gasteiger partial charge >= 0.3 is 0 Å². The molecule has 0 aliphatic carbocycles. The van der Waals surface area contributed by atoms with Crippen molar-refractivity contribution in [2.75, 3.05) is 5.32 Å². The molecule has 2 aromatic carbocycles. The van der Waals surface area contributed by atoms with Crippen LogP contribution in [-0.2, 0) is 6.54 Å². The lowest BCUT2D eigenvalue weighted by molar-refractivity contribution is 1.15. The van der Waals surface area contributed by atoms with E-state index < -0.39 is 0 Å². The molecule has 0 radical (unpaired) electrons.